The molecule has 0 bridgehead atoms. The number of ether oxygens (including phenoxy) is 2. The quantitative estimate of drug-likeness (QED) is 0.0804. The van der Waals surface area contributed by atoms with Gasteiger partial charge < -0.3 is 30.3 Å². The molecule has 52 heavy (non-hydrogen) atoms. The number of aryl methyl sites for hydroxylation is 2. The van der Waals surface area contributed by atoms with Gasteiger partial charge in [-0.25, -0.2) is 0 Å². The second-order valence-corrected chi connectivity index (χ2v) is 13.3. The first kappa shape index (κ1) is 41.7. The Morgan fingerprint density at radius 1 is 0.635 bits per heavy atom. The van der Waals surface area contributed by atoms with E-state index in [-0.39, 0.29) is 34.6 Å². The molecule has 4 aromatic carbocycles. The van der Waals surface area contributed by atoms with Crippen LogP contribution in [0.15, 0.2) is 72.8 Å². The van der Waals surface area contributed by atoms with Crippen molar-refractivity contribution in [2.75, 3.05) is 23.8 Å². The van der Waals surface area contributed by atoms with Crippen molar-refractivity contribution in [3.05, 3.63) is 124 Å². The van der Waals surface area contributed by atoms with Gasteiger partial charge in [0, 0.05) is 46.8 Å². The average molecular weight is 798 g/mol. The summed E-state index contributed by atoms with van der Waals surface area (Å²) in [4.78, 5) is 45.2. The minimum Gasteiger partial charge on any atom is -0.490 e. The lowest BCUT2D eigenvalue weighted by atomic mass is 10.1. The van der Waals surface area contributed by atoms with Crippen LogP contribution in [0.5, 0.6) is 11.5 Å². The minimum atomic E-state index is -1.85. The number of aliphatic hydroxyl groups is 2. The summed E-state index contributed by atoms with van der Waals surface area (Å²) in [6.07, 6.45) is 0. The maximum Gasteiger partial charge on any atom is 0.272 e. The van der Waals surface area contributed by atoms with E-state index in [2.05, 4.69) is 10.6 Å². The highest BCUT2D eigenvalue weighted by Gasteiger charge is 2.33. The van der Waals surface area contributed by atoms with Gasteiger partial charge in [0.25, 0.3) is 23.2 Å². The molecule has 0 aliphatic carbocycles. The van der Waals surface area contributed by atoms with Crippen LogP contribution in [-0.4, -0.2) is 56.3 Å². The Morgan fingerprint density at radius 2 is 0.981 bits per heavy atom. The lowest BCUT2D eigenvalue weighted by molar-refractivity contribution is -0.385. The number of nitrogens with zero attached hydrogens (tertiary/aromatic N) is 2. The Balaban J connectivity index is 0.000000280. The van der Waals surface area contributed by atoms with Crippen LogP contribution in [0.1, 0.15) is 25.0 Å². The molecule has 14 nitrogen and oxygen atoms in total. The highest BCUT2D eigenvalue weighted by atomic mass is 35.5. The van der Waals surface area contributed by atoms with Crippen LogP contribution in [0, 0.1) is 34.1 Å². The van der Waals surface area contributed by atoms with Crippen molar-refractivity contribution < 1.29 is 39.1 Å². The molecule has 18 heteroatoms. The third kappa shape index (κ3) is 11.7. The van der Waals surface area contributed by atoms with Crippen molar-refractivity contribution in [2.24, 2.45) is 0 Å². The minimum absolute atomic E-state index is 0.0577. The van der Waals surface area contributed by atoms with Gasteiger partial charge >= 0.3 is 0 Å². The number of hydrogen-bond donors (Lipinski definition) is 4. The summed E-state index contributed by atoms with van der Waals surface area (Å²) in [5, 5.41) is 48.6. The number of nitro groups is 2. The van der Waals surface area contributed by atoms with E-state index < -0.39 is 32.9 Å². The molecular weight excluding hydrogens is 766 g/mol. The maximum absolute atomic E-state index is 12.3. The van der Waals surface area contributed by atoms with Gasteiger partial charge in [-0.2, -0.15) is 0 Å². The smallest absolute Gasteiger partial charge is 0.272 e. The van der Waals surface area contributed by atoms with E-state index >= 15 is 0 Å². The Labute approximate surface area is 317 Å². The van der Waals surface area contributed by atoms with Crippen molar-refractivity contribution in [2.45, 2.75) is 38.9 Å². The van der Waals surface area contributed by atoms with Gasteiger partial charge in [0.05, 0.1) is 29.9 Å². The molecule has 4 N–H and O–H groups in total. The summed E-state index contributed by atoms with van der Waals surface area (Å²) < 4.78 is 10.8. The molecule has 0 aromatic heterocycles. The van der Waals surface area contributed by atoms with Gasteiger partial charge in [-0.3, -0.25) is 29.8 Å². The highest BCUT2D eigenvalue weighted by Crippen LogP contribution is 2.29. The van der Waals surface area contributed by atoms with Crippen molar-refractivity contribution in [3.63, 3.8) is 0 Å². The fraction of sp³-hybridized carbons (Fsp3) is 0.235. The number of rotatable bonds is 12. The molecule has 0 aliphatic heterocycles. The molecule has 0 radical (unpaired) electrons. The van der Waals surface area contributed by atoms with Crippen LogP contribution in [0.4, 0.5) is 22.7 Å². The van der Waals surface area contributed by atoms with Gasteiger partial charge in [-0.15, -0.1) is 0 Å². The standard InChI is InChI=1S/2C17H16Cl2N2O5/c2*1-10-7-11(3-6-15(10)21(24)25)20-16(22)17(2,23)9-26-12-4-5-13(18)14(19)8-12/h2*3-8,23H,9H2,1-2H3,(H,20,22). The number of halogens is 4. The lowest BCUT2D eigenvalue weighted by Crippen LogP contribution is -2.45. The van der Waals surface area contributed by atoms with Gasteiger partial charge in [0.1, 0.15) is 24.7 Å². The zero-order valence-electron chi connectivity index (χ0n) is 27.9. The van der Waals surface area contributed by atoms with Crippen molar-refractivity contribution >= 4 is 81.0 Å². The molecule has 2 amide bonds. The Morgan fingerprint density at radius 3 is 1.27 bits per heavy atom. The van der Waals surface area contributed by atoms with E-state index in [4.69, 9.17) is 55.9 Å². The van der Waals surface area contributed by atoms with E-state index in [9.17, 15) is 40.0 Å². The fourth-order valence-corrected chi connectivity index (χ4v) is 4.70. The van der Waals surface area contributed by atoms with Crippen molar-refractivity contribution in [3.8, 4) is 11.5 Å². The zero-order chi connectivity index (χ0) is 39.0. The molecule has 0 spiro atoms. The fourth-order valence-electron chi connectivity index (χ4n) is 4.12. The monoisotopic (exact) mass is 796 g/mol. The molecule has 0 saturated carbocycles. The predicted octanol–water partition coefficient (Wildman–Crippen LogP) is 7.96. The molecule has 2 unspecified atom stereocenters. The van der Waals surface area contributed by atoms with Crippen LogP contribution in [0.2, 0.25) is 20.1 Å². The summed E-state index contributed by atoms with van der Waals surface area (Å²) in [5.41, 5.74) is -2.38. The Hall–Kier alpha value is -4.70. The summed E-state index contributed by atoms with van der Waals surface area (Å²) >= 11 is 23.4. The molecule has 0 heterocycles. The molecular formula is C34H32Cl4N4O10. The number of amides is 2. The van der Waals surface area contributed by atoms with E-state index in [1.807, 2.05) is 0 Å². The summed E-state index contributed by atoms with van der Waals surface area (Å²) in [6.45, 7) is 5.03. The molecule has 4 aromatic rings. The number of hydrogen-bond acceptors (Lipinski definition) is 10. The number of nitro benzene ring substituents is 2. The van der Waals surface area contributed by atoms with Gasteiger partial charge in [-0.1, -0.05) is 46.4 Å². The molecule has 0 fully saturated rings. The van der Waals surface area contributed by atoms with Gasteiger partial charge in [0.15, 0.2) is 11.2 Å². The SMILES string of the molecule is Cc1cc(NC(=O)C(C)(O)COc2ccc(Cl)c(Cl)c2)ccc1[N+](=O)[O-].Cc1cc(NC(=O)C(C)(O)COc2ccc(Cl)c(Cl)c2)ccc1[N+](=O)[O-]. The number of benzene rings is 4. The maximum atomic E-state index is 12.3. The van der Waals surface area contributed by atoms with Crippen molar-refractivity contribution in [1.29, 1.82) is 0 Å². The van der Waals surface area contributed by atoms with E-state index in [1.165, 1.54) is 74.5 Å². The highest BCUT2D eigenvalue weighted by molar-refractivity contribution is 6.42. The van der Waals surface area contributed by atoms with E-state index in [1.54, 1.807) is 26.0 Å². The van der Waals surface area contributed by atoms with Crippen LogP contribution >= 0.6 is 46.4 Å². The summed E-state index contributed by atoms with van der Waals surface area (Å²) in [6, 6.07) is 17.4. The molecule has 0 aliphatic rings. The Kier molecular flexibility index (Phi) is 14.2. The Bertz CT molecular complexity index is 1850. The van der Waals surface area contributed by atoms with E-state index in [0.29, 0.717) is 44.0 Å². The second kappa shape index (κ2) is 17.7. The summed E-state index contributed by atoms with van der Waals surface area (Å²) in [7, 11) is 0. The number of nitrogens with one attached hydrogen (secondary N) is 2. The largest absolute Gasteiger partial charge is 0.490 e. The normalized spacial score (nSPS) is 13.0. The zero-order valence-corrected chi connectivity index (χ0v) is 30.9. The molecule has 4 rings (SSSR count). The first-order chi connectivity index (χ1) is 24.2. The number of carbonyl (C=O) groups is 2. The van der Waals surface area contributed by atoms with Gasteiger partial charge in [0.2, 0.25) is 0 Å². The average Bonchev–Trinajstić information content (AvgIpc) is 3.06. The molecule has 2 atom stereocenters. The van der Waals surface area contributed by atoms with E-state index in [0.717, 1.165) is 0 Å². The van der Waals surface area contributed by atoms with Crippen LogP contribution in [0.3, 0.4) is 0 Å². The van der Waals surface area contributed by atoms with Crippen LogP contribution in [0.25, 0.3) is 0 Å². The molecule has 0 saturated heterocycles. The number of carbonyl (C=O) groups excluding carboxylic acids is 2. The first-order valence-electron chi connectivity index (χ1n) is 14.9. The third-order valence-electron chi connectivity index (χ3n) is 7.10. The van der Waals surface area contributed by atoms with Crippen LogP contribution < -0.4 is 20.1 Å². The third-order valence-corrected chi connectivity index (χ3v) is 8.58. The first-order valence-corrected chi connectivity index (χ1v) is 16.4. The molecule has 276 valence electrons. The second-order valence-electron chi connectivity index (χ2n) is 11.7. The van der Waals surface area contributed by atoms with Gasteiger partial charge in [-0.05, 0) is 76.2 Å². The predicted molar refractivity (Wildman–Crippen MR) is 198 cm³/mol. The topological polar surface area (TPSA) is 203 Å². The van der Waals surface area contributed by atoms with Crippen LogP contribution in [-0.2, 0) is 9.59 Å². The number of anilines is 2. The lowest BCUT2D eigenvalue weighted by Gasteiger charge is -2.22. The summed E-state index contributed by atoms with van der Waals surface area (Å²) in [5.74, 6) is -0.742. The van der Waals surface area contributed by atoms with Crippen molar-refractivity contribution in [1.82, 2.24) is 0 Å².